The first-order chi connectivity index (χ1) is 9.32. The molecule has 0 radical (unpaired) electrons. The Kier molecular flexibility index (Phi) is 2.63. The highest BCUT2D eigenvalue weighted by Gasteiger charge is 2.50. The van der Waals surface area contributed by atoms with Crippen LogP contribution in [0.15, 0.2) is 11.1 Å². The Balaban J connectivity index is 2.19. The lowest BCUT2D eigenvalue weighted by Crippen LogP contribution is -2.42. The third kappa shape index (κ3) is 1.65. The molecule has 1 aliphatic rings. The van der Waals surface area contributed by atoms with E-state index in [1.165, 1.54) is 6.33 Å². The van der Waals surface area contributed by atoms with Gasteiger partial charge in [-0.1, -0.05) is 6.92 Å². The molecule has 3 rings (SSSR count). The second kappa shape index (κ2) is 4.03. The smallest absolute Gasteiger partial charge is 0.280 e. The zero-order valence-electron chi connectivity index (χ0n) is 11.2. The van der Waals surface area contributed by atoms with Gasteiger partial charge < -0.3 is 20.5 Å². The molecule has 1 aliphatic carbocycles. The molecule has 2 aromatic heterocycles. The highest BCUT2D eigenvalue weighted by Crippen LogP contribution is 2.43. The van der Waals surface area contributed by atoms with Crippen LogP contribution in [-0.4, -0.2) is 41.4 Å². The van der Waals surface area contributed by atoms with Crippen LogP contribution in [0.4, 0.5) is 5.95 Å². The lowest BCUT2D eigenvalue weighted by atomic mass is 9.97. The summed E-state index contributed by atoms with van der Waals surface area (Å²) in [5.41, 5.74) is 4.31. The van der Waals surface area contributed by atoms with E-state index < -0.39 is 23.3 Å². The molecule has 0 saturated heterocycles. The van der Waals surface area contributed by atoms with Crippen molar-refractivity contribution in [2.75, 3.05) is 5.73 Å². The number of aromatic amines is 1. The SMILES string of the molecule is CC1C[C@@H](n2cnc3c(=O)[nH]c(N)nc32)[C@](C)(O)[C@@H]1O. The Morgan fingerprint density at radius 2 is 2.30 bits per heavy atom. The van der Waals surface area contributed by atoms with Gasteiger partial charge in [-0.15, -0.1) is 0 Å². The summed E-state index contributed by atoms with van der Waals surface area (Å²) in [5, 5.41) is 20.6. The highest BCUT2D eigenvalue weighted by atomic mass is 16.3. The summed E-state index contributed by atoms with van der Waals surface area (Å²) in [6.07, 6.45) is 1.17. The summed E-state index contributed by atoms with van der Waals surface area (Å²) >= 11 is 0. The zero-order valence-corrected chi connectivity index (χ0v) is 11.2. The first kappa shape index (κ1) is 13.1. The molecule has 1 saturated carbocycles. The predicted molar refractivity (Wildman–Crippen MR) is 72.0 cm³/mol. The third-order valence-electron chi connectivity index (χ3n) is 4.19. The van der Waals surface area contributed by atoms with E-state index in [0.29, 0.717) is 12.1 Å². The number of anilines is 1. The summed E-state index contributed by atoms with van der Waals surface area (Å²) in [5.74, 6) is -0.0673. The van der Waals surface area contributed by atoms with Crippen molar-refractivity contribution in [2.45, 2.75) is 38.0 Å². The molecule has 2 aromatic rings. The molecule has 8 heteroatoms. The van der Waals surface area contributed by atoms with Gasteiger partial charge in [0.25, 0.3) is 5.56 Å². The molecule has 2 heterocycles. The molecule has 1 fully saturated rings. The number of aliphatic hydroxyl groups excluding tert-OH is 1. The van der Waals surface area contributed by atoms with Crippen LogP contribution in [0.3, 0.4) is 0 Å². The van der Waals surface area contributed by atoms with Gasteiger partial charge in [0.2, 0.25) is 5.95 Å². The Morgan fingerprint density at radius 3 is 2.90 bits per heavy atom. The van der Waals surface area contributed by atoms with Crippen LogP contribution in [0.2, 0.25) is 0 Å². The number of aromatic nitrogens is 4. The van der Waals surface area contributed by atoms with Crippen molar-refractivity contribution < 1.29 is 10.2 Å². The number of nitrogens with two attached hydrogens (primary N) is 1. The van der Waals surface area contributed by atoms with Gasteiger partial charge in [-0.05, 0) is 19.3 Å². The number of aliphatic hydroxyl groups is 2. The number of fused-ring (bicyclic) bond motifs is 1. The first-order valence-electron chi connectivity index (χ1n) is 6.45. The van der Waals surface area contributed by atoms with Crippen LogP contribution in [0.1, 0.15) is 26.3 Å². The van der Waals surface area contributed by atoms with Gasteiger partial charge in [-0.3, -0.25) is 9.78 Å². The van der Waals surface area contributed by atoms with Crippen molar-refractivity contribution in [3.63, 3.8) is 0 Å². The van der Waals surface area contributed by atoms with E-state index >= 15 is 0 Å². The summed E-state index contributed by atoms with van der Waals surface area (Å²) in [6.45, 7) is 3.45. The molecular weight excluding hydrogens is 262 g/mol. The van der Waals surface area contributed by atoms with Crippen molar-refractivity contribution in [1.29, 1.82) is 0 Å². The number of H-pyrrole nitrogens is 1. The van der Waals surface area contributed by atoms with Crippen molar-refractivity contribution >= 4 is 17.1 Å². The van der Waals surface area contributed by atoms with Crippen LogP contribution in [0.5, 0.6) is 0 Å². The minimum atomic E-state index is -1.31. The molecule has 108 valence electrons. The summed E-state index contributed by atoms with van der Waals surface area (Å²) in [6, 6.07) is -0.411. The van der Waals surface area contributed by atoms with Gasteiger partial charge >= 0.3 is 0 Å². The Labute approximate surface area is 114 Å². The van der Waals surface area contributed by atoms with Crippen LogP contribution in [0.25, 0.3) is 11.2 Å². The van der Waals surface area contributed by atoms with Crippen LogP contribution in [0, 0.1) is 5.92 Å². The molecule has 8 nitrogen and oxygen atoms in total. The predicted octanol–water partition coefficient (Wildman–Crippen LogP) is -0.605. The van der Waals surface area contributed by atoms with E-state index in [0.717, 1.165) is 0 Å². The van der Waals surface area contributed by atoms with Gasteiger partial charge in [0.15, 0.2) is 11.2 Å². The standard InChI is InChI=1S/C12H17N5O3/c1-5-3-6(12(2,20)8(5)18)17-4-14-7-9(17)15-11(13)16-10(7)19/h4-6,8,18,20H,3H2,1-2H3,(H3,13,15,16,19)/t5?,6-,8-,12+/m1/s1. The lowest BCUT2D eigenvalue weighted by molar-refractivity contribution is -0.0711. The van der Waals surface area contributed by atoms with E-state index in [1.807, 2.05) is 6.92 Å². The Bertz CT molecular complexity index is 719. The monoisotopic (exact) mass is 279 g/mol. The maximum absolute atomic E-state index is 11.8. The second-order valence-electron chi connectivity index (χ2n) is 5.67. The molecule has 0 aromatic carbocycles. The second-order valence-corrected chi connectivity index (χ2v) is 5.67. The van der Waals surface area contributed by atoms with Crippen LogP contribution < -0.4 is 11.3 Å². The fourth-order valence-electron chi connectivity index (χ4n) is 3.06. The van der Waals surface area contributed by atoms with E-state index in [1.54, 1.807) is 11.5 Å². The molecular formula is C12H17N5O3. The minimum absolute atomic E-state index is 0.00418. The van der Waals surface area contributed by atoms with E-state index in [-0.39, 0.29) is 17.4 Å². The Hall–Kier alpha value is -1.93. The zero-order chi connectivity index (χ0) is 14.7. The number of rotatable bonds is 1. The van der Waals surface area contributed by atoms with Crippen molar-refractivity contribution in [3.8, 4) is 0 Å². The average Bonchev–Trinajstić information content (AvgIpc) is 2.85. The maximum Gasteiger partial charge on any atom is 0.280 e. The van der Waals surface area contributed by atoms with E-state index in [4.69, 9.17) is 5.73 Å². The van der Waals surface area contributed by atoms with Gasteiger partial charge in [0, 0.05) is 0 Å². The van der Waals surface area contributed by atoms with Crippen LogP contribution >= 0.6 is 0 Å². The largest absolute Gasteiger partial charge is 0.390 e. The molecule has 1 unspecified atom stereocenters. The number of nitrogen functional groups attached to an aromatic ring is 1. The van der Waals surface area contributed by atoms with Crippen LogP contribution in [-0.2, 0) is 0 Å². The molecule has 0 bridgehead atoms. The van der Waals surface area contributed by atoms with E-state index in [9.17, 15) is 15.0 Å². The molecule has 20 heavy (non-hydrogen) atoms. The summed E-state index contributed by atoms with van der Waals surface area (Å²) in [4.78, 5) is 22.2. The third-order valence-corrected chi connectivity index (χ3v) is 4.19. The number of hydrogen-bond acceptors (Lipinski definition) is 6. The van der Waals surface area contributed by atoms with Crippen molar-refractivity contribution in [1.82, 2.24) is 19.5 Å². The molecule has 4 atom stereocenters. The lowest BCUT2D eigenvalue weighted by Gasteiger charge is -2.29. The minimum Gasteiger partial charge on any atom is -0.390 e. The molecule has 0 amide bonds. The number of imidazole rings is 1. The Morgan fingerprint density at radius 1 is 1.60 bits per heavy atom. The highest BCUT2D eigenvalue weighted by molar-refractivity contribution is 5.70. The fourth-order valence-corrected chi connectivity index (χ4v) is 3.06. The number of nitrogens with zero attached hydrogens (tertiary/aromatic N) is 3. The number of nitrogens with one attached hydrogen (secondary N) is 1. The van der Waals surface area contributed by atoms with Crippen molar-refractivity contribution in [3.05, 3.63) is 16.7 Å². The first-order valence-corrected chi connectivity index (χ1v) is 6.45. The quantitative estimate of drug-likeness (QED) is 0.551. The molecule has 0 spiro atoms. The van der Waals surface area contributed by atoms with E-state index in [2.05, 4.69) is 15.0 Å². The van der Waals surface area contributed by atoms with Gasteiger partial charge in [0.1, 0.15) is 5.60 Å². The average molecular weight is 279 g/mol. The summed E-state index contributed by atoms with van der Waals surface area (Å²) < 4.78 is 1.62. The maximum atomic E-state index is 11.8. The number of hydrogen-bond donors (Lipinski definition) is 4. The van der Waals surface area contributed by atoms with Crippen molar-refractivity contribution in [2.24, 2.45) is 5.92 Å². The normalized spacial score (nSPS) is 33.9. The van der Waals surface area contributed by atoms with Gasteiger partial charge in [0.05, 0.1) is 18.5 Å². The molecule has 0 aliphatic heterocycles. The topological polar surface area (TPSA) is 130 Å². The van der Waals surface area contributed by atoms with Gasteiger partial charge in [-0.25, -0.2) is 4.98 Å². The fraction of sp³-hybridized carbons (Fsp3) is 0.583. The van der Waals surface area contributed by atoms with Gasteiger partial charge in [-0.2, -0.15) is 4.98 Å². The summed E-state index contributed by atoms with van der Waals surface area (Å²) in [7, 11) is 0. The molecule has 5 N–H and O–H groups in total.